The lowest BCUT2D eigenvalue weighted by Gasteiger charge is -2.47. The first kappa shape index (κ1) is 25.7. The van der Waals surface area contributed by atoms with Crippen LogP contribution in [-0.4, -0.2) is 63.3 Å². The van der Waals surface area contributed by atoms with Crippen LogP contribution in [0.3, 0.4) is 0 Å². The number of nitriles is 1. The Morgan fingerprint density at radius 1 is 1.27 bits per heavy atom. The monoisotopic (exact) mass is 540 g/mol. The molecule has 0 aliphatic carbocycles. The zero-order chi connectivity index (χ0) is 26.1. The standard InChI is InChI=1S/C26H30Cl2N8O/c1-16(20-7-6-19(27)10-21(20)28)36-26-25(22(11-29)33-36)31-12-24(32-26)35-14-18(15-35)17-4-2-8-34(13-17)9-3-5-23(30)37/h6-7,10,12,16-18H,2-5,8-9,13-15H2,1H3,(H2,30,37)/t16-,17?/m1/s1. The Bertz CT molecular complexity index is 1350. The molecule has 2 aromatic heterocycles. The van der Waals surface area contributed by atoms with E-state index in [0.717, 1.165) is 50.5 Å². The molecule has 0 saturated carbocycles. The summed E-state index contributed by atoms with van der Waals surface area (Å²) in [7, 11) is 0. The Balaban J connectivity index is 1.30. The van der Waals surface area contributed by atoms with Crippen LogP contribution in [0.4, 0.5) is 5.82 Å². The van der Waals surface area contributed by atoms with E-state index in [-0.39, 0.29) is 17.6 Å². The fourth-order valence-corrected chi connectivity index (χ4v) is 6.09. The fraction of sp³-hybridized carbons (Fsp3) is 0.500. The maximum atomic E-state index is 11.1. The summed E-state index contributed by atoms with van der Waals surface area (Å²) in [6.45, 7) is 6.91. The predicted molar refractivity (Wildman–Crippen MR) is 144 cm³/mol. The van der Waals surface area contributed by atoms with Crippen LogP contribution in [0.5, 0.6) is 0 Å². The number of nitrogens with zero attached hydrogens (tertiary/aromatic N) is 7. The first-order chi connectivity index (χ1) is 17.8. The summed E-state index contributed by atoms with van der Waals surface area (Å²) in [5.74, 6) is 1.80. The number of likely N-dealkylation sites (tertiary alicyclic amines) is 1. The van der Waals surface area contributed by atoms with Crippen molar-refractivity contribution in [2.24, 2.45) is 17.6 Å². The van der Waals surface area contributed by atoms with Gasteiger partial charge in [-0.1, -0.05) is 29.3 Å². The molecule has 2 saturated heterocycles. The van der Waals surface area contributed by atoms with Crippen LogP contribution in [0.25, 0.3) is 11.2 Å². The van der Waals surface area contributed by atoms with Gasteiger partial charge in [-0.3, -0.25) is 4.79 Å². The number of halogens is 2. The topological polar surface area (TPSA) is 117 Å². The highest BCUT2D eigenvalue weighted by atomic mass is 35.5. The summed E-state index contributed by atoms with van der Waals surface area (Å²) < 4.78 is 1.72. The van der Waals surface area contributed by atoms with Crippen molar-refractivity contribution in [1.82, 2.24) is 24.6 Å². The Morgan fingerprint density at radius 3 is 2.81 bits per heavy atom. The van der Waals surface area contributed by atoms with E-state index in [2.05, 4.69) is 26.0 Å². The molecule has 3 aromatic rings. The average molecular weight is 541 g/mol. The second-order valence-electron chi connectivity index (χ2n) is 10.1. The summed E-state index contributed by atoms with van der Waals surface area (Å²) in [5, 5.41) is 15.2. The molecule has 4 heterocycles. The van der Waals surface area contributed by atoms with Crippen LogP contribution >= 0.6 is 23.2 Å². The van der Waals surface area contributed by atoms with Gasteiger partial charge in [-0.25, -0.2) is 14.6 Å². The second-order valence-corrected chi connectivity index (χ2v) is 10.9. The van der Waals surface area contributed by atoms with Crippen LogP contribution in [0, 0.1) is 23.2 Å². The molecular formula is C26H30Cl2N8O. The molecule has 0 spiro atoms. The first-order valence-corrected chi connectivity index (χ1v) is 13.5. The molecule has 2 atom stereocenters. The Morgan fingerprint density at radius 2 is 2.08 bits per heavy atom. The number of carbonyl (C=O) groups excluding carboxylic acids is 1. The molecular weight excluding hydrogens is 511 g/mol. The van der Waals surface area contributed by atoms with E-state index in [1.54, 1.807) is 23.0 Å². The minimum atomic E-state index is -0.258. The number of hydrogen-bond acceptors (Lipinski definition) is 7. The lowest BCUT2D eigenvalue weighted by molar-refractivity contribution is -0.118. The number of anilines is 1. The summed E-state index contributed by atoms with van der Waals surface area (Å²) in [4.78, 5) is 25.2. The normalized spacial score (nSPS) is 19.5. The third-order valence-electron chi connectivity index (χ3n) is 7.62. The highest BCUT2D eigenvalue weighted by molar-refractivity contribution is 6.35. The van der Waals surface area contributed by atoms with Gasteiger partial charge in [-0.2, -0.15) is 10.4 Å². The van der Waals surface area contributed by atoms with E-state index in [1.165, 1.54) is 12.8 Å². The van der Waals surface area contributed by atoms with Gasteiger partial charge in [0.05, 0.1) is 12.2 Å². The van der Waals surface area contributed by atoms with Gasteiger partial charge >= 0.3 is 0 Å². The van der Waals surface area contributed by atoms with Crippen molar-refractivity contribution in [3.63, 3.8) is 0 Å². The van der Waals surface area contributed by atoms with E-state index in [1.807, 2.05) is 13.0 Å². The van der Waals surface area contributed by atoms with Gasteiger partial charge in [0.1, 0.15) is 17.4 Å². The highest BCUT2D eigenvalue weighted by Gasteiger charge is 2.36. The number of carbonyl (C=O) groups is 1. The Labute approximate surface area is 226 Å². The zero-order valence-corrected chi connectivity index (χ0v) is 22.3. The molecule has 11 heteroatoms. The Hall–Kier alpha value is -2.93. The molecule has 2 N–H and O–H groups in total. The number of benzene rings is 1. The van der Waals surface area contributed by atoms with E-state index in [0.29, 0.717) is 39.5 Å². The first-order valence-electron chi connectivity index (χ1n) is 12.7. The SMILES string of the molecule is C[C@H](c1ccc(Cl)cc1Cl)n1nc(C#N)c2ncc(N3CC(C4CCCN(CCCC(N)=O)C4)C3)nc21. The maximum absolute atomic E-state index is 11.1. The number of aromatic nitrogens is 4. The van der Waals surface area contributed by atoms with E-state index >= 15 is 0 Å². The molecule has 5 rings (SSSR count). The van der Waals surface area contributed by atoms with Crippen molar-refractivity contribution in [1.29, 1.82) is 5.26 Å². The Kier molecular flexibility index (Phi) is 7.52. The molecule has 9 nitrogen and oxygen atoms in total. The van der Waals surface area contributed by atoms with Gasteiger partial charge in [0.15, 0.2) is 11.3 Å². The predicted octanol–water partition coefficient (Wildman–Crippen LogP) is 4.03. The molecule has 37 heavy (non-hydrogen) atoms. The molecule has 2 aliphatic rings. The third-order valence-corrected chi connectivity index (χ3v) is 8.18. The number of rotatable bonds is 8. The largest absolute Gasteiger partial charge is 0.370 e. The van der Waals surface area contributed by atoms with Gasteiger partial charge in [-0.05, 0) is 68.8 Å². The average Bonchev–Trinajstić information content (AvgIpc) is 3.21. The minimum absolute atomic E-state index is 0.227. The fourth-order valence-electron chi connectivity index (χ4n) is 5.52. The molecule has 1 aromatic carbocycles. The number of fused-ring (bicyclic) bond motifs is 1. The van der Waals surface area contributed by atoms with Crippen LogP contribution in [0.1, 0.15) is 49.9 Å². The molecule has 194 valence electrons. The summed E-state index contributed by atoms with van der Waals surface area (Å²) in [6.07, 6.45) is 5.43. The number of piperidine rings is 1. The van der Waals surface area contributed by atoms with Gasteiger partial charge in [0, 0.05) is 36.1 Å². The maximum Gasteiger partial charge on any atom is 0.217 e. The van der Waals surface area contributed by atoms with E-state index in [4.69, 9.17) is 33.9 Å². The van der Waals surface area contributed by atoms with E-state index in [9.17, 15) is 10.1 Å². The summed E-state index contributed by atoms with van der Waals surface area (Å²) >= 11 is 12.5. The second kappa shape index (κ2) is 10.8. The van der Waals surface area contributed by atoms with E-state index < -0.39 is 0 Å². The molecule has 1 unspecified atom stereocenters. The number of primary amides is 1. The lowest BCUT2D eigenvalue weighted by Crippen LogP contribution is -2.54. The zero-order valence-electron chi connectivity index (χ0n) is 20.8. The van der Waals surface area contributed by atoms with Crippen molar-refractivity contribution in [2.75, 3.05) is 37.6 Å². The smallest absolute Gasteiger partial charge is 0.217 e. The van der Waals surface area contributed by atoms with Crippen molar-refractivity contribution in [3.8, 4) is 6.07 Å². The molecule has 1 amide bonds. The number of hydrogen-bond donors (Lipinski definition) is 1. The van der Waals surface area contributed by atoms with Crippen LogP contribution in [0.2, 0.25) is 10.0 Å². The van der Waals surface area contributed by atoms with Crippen molar-refractivity contribution >= 4 is 46.1 Å². The van der Waals surface area contributed by atoms with Gasteiger partial charge in [0.25, 0.3) is 0 Å². The third kappa shape index (κ3) is 5.37. The van der Waals surface area contributed by atoms with Gasteiger partial charge in [0.2, 0.25) is 5.91 Å². The highest BCUT2D eigenvalue weighted by Crippen LogP contribution is 2.35. The van der Waals surface area contributed by atoms with Crippen molar-refractivity contribution in [2.45, 2.75) is 38.6 Å². The van der Waals surface area contributed by atoms with Gasteiger partial charge < -0.3 is 15.5 Å². The quantitative estimate of drug-likeness (QED) is 0.458. The summed E-state index contributed by atoms with van der Waals surface area (Å²) in [6, 6.07) is 7.24. The molecule has 0 radical (unpaired) electrons. The van der Waals surface area contributed by atoms with Crippen molar-refractivity contribution < 1.29 is 4.79 Å². The number of nitrogens with two attached hydrogens (primary N) is 1. The molecule has 0 bridgehead atoms. The molecule has 2 fully saturated rings. The van der Waals surface area contributed by atoms with Gasteiger partial charge in [-0.15, -0.1) is 0 Å². The van der Waals surface area contributed by atoms with Crippen molar-refractivity contribution in [3.05, 3.63) is 45.7 Å². The summed E-state index contributed by atoms with van der Waals surface area (Å²) in [5.41, 5.74) is 7.42. The lowest BCUT2D eigenvalue weighted by atomic mass is 9.80. The van der Waals surface area contributed by atoms with Crippen LogP contribution in [0.15, 0.2) is 24.4 Å². The van der Waals surface area contributed by atoms with Crippen LogP contribution in [-0.2, 0) is 4.79 Å². The minimum Gasteiger partial charge on any atom is -0.370 e. The molecule has 2 aliphatic heterocycles. The van der Waals surface area contributed by atoms with Crippen LogP contribution < -0.4 is 10.6 Å². The number of amides is 1.